The van der Waals surface area contributed by atoms with Crippen molar-refractivity contribution in [1.29, 1.82) is 0 Å². The maximum absolute atomic E-state index is 11.8. The Balaban J connectivity index is 2.30. The first-order chi connectivity index (χ1) is 7.73. The molecule has 86 valence electrons. The number of nitrogens with one attached hydrogen (secondary N) is 1. The highest BCUT2D eigenvalue weighted by Gasteiger charge is 2.45. The molecule has 3 N–H and O–H groups in total. The molecule has 1 aliphatic carbocycles. The zero-order valence-electron chi connectivity index (χ0n) is 9.32. The highest BCUT2D eigenvalue weighted by molar-refractivity contribution is 7.98. The summed E-state index contributed by atoms with van der Waals surface area (Å²) in [5.41, 5.74) is 3.00. The molecule has 2 rings (SSSR count). The first-order valence-electron chi connectivity index (χ1n) is 5.38. The number of carbonyl (C=O) groups excluding carboxylic acids is 1. The van der Waals surface area contributed by atoms with E-state index in [4.69, 9.17) is 5.84 Å². The fraction of sp³-hybridized carbons (Fsp3) is 0.417. The molecule has 1 saturated carbocycles. The van der Waals surface area contributed by atoms with E-state index in [2.05, 4.69) is 17.6 Å². The van der Waals surface area contributed by atoms with Crippen LogP contribution in [0.5, 0.6) is 0 Å². The van der Waals surface area contributed by atoms with Crippen molar-refractivity contribution in [3.8, 4) is 0 Å². The Labute approximate surface area is 99.8 Å². The summed E-state index contributed by atoms with van der Waals surface area (Å²) < 4.78 is 0. The third kappa shape index (κ3) is 1.72. The first kappa shape index (κ1) is 11.5. The van der Waals surface area contributed by atoms with Gasteiger partial charge in [0.2, 0.25) is 5.91 Å². The summed E-state index contributed by atoms with van der Waals surface area (Å²) >= 11 is 1.70. The second-order valence-electron chi connectivity index (χ2n) is 4.14. The van der Waals surface area contributed by atoms with Gasteiger partial charge in [-0.3, -0.25) is 10.2 Å². The average Bonchev–Trinajstić information content (AvgIpc) is 2.28. The molecule has 0 spiro atoms. The molecule has 0 aliphatic heterocycles. The van der Waals surface area contributed by atoms with E-state index in [0.29, 0.717) is 0 Å². The fourth-order valence-electron chi connectivity index (χ4n) is 2.23. The number of thioether (sulfide) groups is 1. The standard InChI is InChI=1S/C12H16N2OS/c1-16-10-5-3-9(4-6-10)12(7-2-8-12)11(15)14-13/h3-6H,2,7-8,13H2,1H3,(H,14,15). The summed E-state index contributed by atoms with van der Waals surface area (Å²) in [7, 11) is 0. The zero-order valence-corrected chi connectivity index (χ0v) is 10.1. The molecule has 1 aromatic rings. The minimum absolute atomic E-state index is 0.0596. The minimum Gasteiger partial charge on any atom is -0.293 e. The van der Waals surface area contributed by atoms with Crippen LogP contribution in [-0.4, -0.2) is 12.2 Å². The molecule has 16 heavy (non-hydrogen) atoms. The maximum atomic E-state index is 11.8. The molecular weight excluding hydrogens is 220 g/mol. The molecule has 0 aromatic heterocycles. The monoisotopic (exact) mass is 236 g/mol. The Kier molecular flexibility index (Phi) is 3.21. The number of benzene rings is 1. The van der Waals surface area contributed by atoms with Crippen molar-refractivity contribution in [2.24, 2.45) is 5.84 Å². The molecule has 0 heterocycles. The smallest absolute Gasteiger partial charge is 0.244 e. The van der Waals surface area contributed by atoms with Crippen LogP contribution in [0.1, 0.15) is 24.8 Å². The van der Waals surface area contributed by atoms with Crippen molar-refractivity contribution in [3.05, 3.63) is 29.8 Å². The van der Waals surface area contributed by atoms with Gasteiger partial charge in [-0.2, -0.15) is 0 Å². The summed E-state index contributed by atoms with van der Waals surface area (Å²) in [6, 6.07) is 8.20. The molecule has 0 bridgehead atoms. The van der Waals surface area contributed by atoms with Gasteiger partial charge in [0, 0.05) is 4.90 Å². The SMILES string of the molecule is CSc1ccc(C2(C(=O)NN)CCC2)cc1. The largest absolute Gasteiger partial charge is 0.293 e. The maximum Gasteiger partial charge on any atom is 0.244 e. The normalized spacial score (nSPS) is 17.6. The van der Waals surface area contributed by atoms with Crippen molar-refractivity contribution >= 4 is 17.7 Å². The van der Waals surface area contributed by atoms with E-state index < -0.39 is 0 Å². The second kappa shape index (κ2) is 4.47. The van der Waals surface area contributed by atoms with Crippen LogP contribution in [-0.2, 0) is 10.2 Å². The molecule has 0 saturated heterocycles. The summed E-state index contributed by atoms with van der Waals surface area (Å²) in [6.45, 7) is 0. The van der Waals surface area contributed by atoms with Gasteiger partial charge in [-0.05, 0) is 36.8 Å². The summed E-state index contributed by atoms with van der Waals surface area (Å²) in [5.74, 6) is 5.20. The van der Waals surface area contributed by atoms with Gasteiger partial charge in [-0.1, -0.05) is 18.6 Å². The Morgan fingerprint density at radius 2 is 2.00 bits per heavy atom. The van der Waals surface area contributed by atoms with Crippen molar-refractivity contribution in [2.45, 2.75) is 29.6 Å². The number of hydrazine groups is 1. The molecule has 4 heteroatoms. The number of nitrogens with two attached hydrogens (primary N) is 1. The van der Waals surface area contributed by atoms with Crippen molar-refractivity contribution in [2.75, 3.05) is 6.26 Å². The third-order valence-electron chi connectivity index (χ3n) is 3.42. The predicted octanol–water partition coefficient (Wildman–Crippen LogP) is 1.82. The van der Waals surface area contributed by atoms with E-state index in [1.807, 2.05) is 18.4 Å². The Morgan fingerprint density at radius 3 is 2.38 bits per heavy atom. The first-order valence-corrected chi connectivity index (χ1v) is 6.61. The van der Waals surface area contributed by atoms with Crippen LogP contribution >= 0.6 is 11.8 Å². The molecule has 3 nitrogen and oxygen atoms in total. The quantitative estimate of drug-likeness (QED) is 0.364. The third-order valence-corrected chi connectivity index (χ3v) is 4.16. The molecule has 0 unspecified atom stereocenters. The van der Waals surface area contributed by atoms with Crippen LogP contribution in [0.4, 0.5) is 0 Å². The molecular formula is C12H16N2OS. The lowest BCUT2D eigenvalue weighted by molar-refractivity contribution is -0.130. The molecule has 1 amide bonds. The fourth-order valence-corrected chi connectivity index (χ4v) is 2.63. The molecule has 1 fully saturated rings. The summed E-state index contributed by atoms with van der Waals surface area (Å²) in [4.78, 5) is 13.0. The van der Waals surface area contributed by atoms with Crippen LogP contribution in [0.15, 0.2) is 29.2 Å². The van der Waals surface area contributed by atoms with Gasteiger partial charge in [0.25, 0.3) is 0 Å². The van der Waals surface area contributed by atoms with E-state index >= 15 is 0 Å². The lowest BCUT2D eigenvalue weighted by Crippen LogP contribution is -2.51. The highest BCUT2D eigenvalue weighted by Crippen LogP contribution is 2.44. The van der Waals surface area contributed by atoms with E-state index in [0.717, 1.165) is 24.8 Å². The Hall–Kier alpha value is -1.00. The Morgan fingerprint density at radius 1 is 1.38 bits per heavy atom. The minimum atomic E-state index is -0.369. The van der Waals surface area contributed by atoms with Crippen LogP contribution in [0.3, 0.4) is 0 Å². The average molecular weight is 236 g/mol. The van der Waals surface area contributed by atoms with Gasteiger partial charge in [0.15, 0.2) is 0 Å². The zero-order chi connectivity index (χ0) is 11.6. The lowest BCUT2D eigenvalue weighted by Gasteiger charge is -2.40. The second-order valence-corrected chi connectivity index (χ2v) is 5.02. The van der Waals surface area contributed by atoms with Crippen molar-refractivity contribution in [1.82, 2.24) is 5.43 Å². The number of carbonyl (C=O) groups is 1. The van der Waals surface area contributed by atoms with Crippen molar-refractivity contribution in [3.63, 3.8) is 0 Å². The van der Waals surface area contributed by atoms with Gasteiger partial charge in [-0.25, -0.2) is 5.84 Å². The predicted molar refractivity (Wildman–Crippen MR) is 66.1 cm³/mol. The summed E-state index contributed by atoms with van der Waals surface area (Å²) in [6.07, 6.45) is 4.93. The van der Waals surface area contributed by atoms with Crippen LogP contribution < -0.4 is 11.3 Å². The number of amides is 1. The topological polar surface area (TPSA) is 55.1 Å². The van der Waals surface area contributed by atoms with E-state index in [-0.39, 0.29) is 11.3 Å². The molecule has 0 atom stereocenters. The summed E-state index contributed by atoms with van der Waals surface area (Å²) in [5, 5.41) is 0. The molecule has 1 aromatic carbocycles. The van der Waals surface area contributed by atoms with E-state index in [9.17, 15) is 4.79 Å². The molecule has 1 aliphatic rings. The van der Waals surface area contributed by atoms with E-state index in [1.54, 1.807) is 11.8 Å². The number of hydrogen-bond donors (Lipinski definition) is 2. The van der Waals surface area contributed by atoms with Gasteiger partial charge in [0.1, 0.15) is 0 Å². The number of hydrogen-bond acceptors (Lipinski definition) is 3. The Bertz CT molecular complexity index is 385. The van der Waals surface area contributed by atoms with Gasteiger partial charge in [0.05, 0.1) is 5.41 Å². The van der Waals surface area contributed by atoms with Gasteiger partial charge >= 0.3 is 0 Å². The number of rotatable bonds is 3. The van der Waals surface area contributed by atoms with Crippen LogP contribution in [0, 0.1) is 0 Å². The van der Waals surface area contributed by atoms with Crippen LogP contribution in [0.25, 0.3) is 0 Å². The van der Waals surface area contributed by atoms with Gasteiger partial charge < -0.3 is 0 Å². The lowest BCUT2D eigenvalue weighted by atomic mass is 9.64. The van der Waals surface area contributed by atoms with Crippen LogP contribution in [0.2, 0.25) is 0 Å². The van der Waals surface area contributed by atoms with Gasteiger partial charge in [-0.15, -0.1) is 11.8 Å². The van der Waals surface area contributed by atoms with E-state index in [1.165, 1.54) is 4.90 Å². The molecule has 0 radical (unpaired) electrons. The highest BCUT2D eigenvalue weighted by atomic mass is 32.2. The van der Waals surface area contributed by atoms with Crippen molar-refractivity contribution < 1.29 is 4.79 Å².